The number of aliphatic carboxylic acids is 1. The number of nitro groups is 1. The van der Waals surface area contributed by atoms with E-state index in [1.807, 2.05) is 0 Å². The Morgan fingerprint density at radius 3 is 2.15 bits per heavy atom. The van der Waals surface area contributed by atoms with Gasteiger partial charge in [-0.05, 0) is 30.3 Å². The van der Waals surface area contributed by atoms with Crippen LogP contribution in [0.15, 0.2) is 53.4 Å². The lowest BCUT2D eigenvalue weighted by molar-refractivity contribution is -0.387. The largest absolute Gasteiger partial charge is 0.481 e. The summed E-state index contributed by atoms with van der Waals surface area (Å²) in [6.07, 6.45) is -0.555. The van der Waals surface area contributed by atoms with Gasteiger partial charge < -0.3 is 10.2 Å². The van der Waals surface area contributed by atoms with Crippen molar-refractivity contribution in [2.45, 2.75) is 11.3 Å². The second kappa shape index (κ2) is 7.83. The number of hydrogen-bond acceptors (Lipinski definition) is 6. The van der Waals surface area contributed by atoms with Crippen molar-refractivity contribution in [2.24, 2.45) is 0 Å². The molecule has 2 rings (SSSR count). The quantitative estimate of drug-likeness (QED) is 0.508. The molecule has 0 atom stereocenters. The number of aromatic carboxylic acids is 1. The molecule has 0 aromatic heterocycles. The SMILES string of the molecule is O=C(O)CCN(c1ccc(C(=O)O)cc1)S(=O)(=O)c1ccccc1[N+](=O)[O-]. The van der Waals surface area contributed by atoms with E-state index in [1.54, 1.807) is 0 Å². The van der Waals surface area contributed by atoms with Crippen molar-refractivity contribution in [1.29, 1.82) is 0 Å². The maximum absolute atomic E-state index is 13.0. The van der Waals surface area contributed by atoms with E-state index in [4.69, 9.17) is 10.2 Å². The van der Waals surface area contributed by atoms with Crippen molar-refractivity contribution >= 4 is 33.3 Å². The van der Waals surface area contributed by atoms with Crippen molar-refractivity contribution < 1.29 is 33.1 Å². The van der Waals surface area contributed by atoms with Crippen LogP contribution >= 0.6 is 0 Å². The fraction of sp³-hybridized carbons (Fsp3) is 0.125. The molecule has 0 amide bonds. The smallest absolute Gasteiger partial charge is 0.335 e. The first-order valence-electron chi connectivity index (χ1n) is 7.46. The Hall–Kier alpha value is -3.47. The van der Waals surface area contributed by atoms with Crippen LogP contribution in [0.3, 0.4) is 0 Å². The van der Waals surface area contributed by atoms with Crippen molar-refractivity contribution in [2.75, 3.05) is 10.8 Å². The number of carboxylic acids is 2. The summed E-state index contributed by atoms with van der Waals surface area (Å²) < 4.78 is 26.7. The van der Waals surface area contributed by atoms with Crippen LogP contribution in [0, 0.1) is 10.1 Å². The number of para-hydroxylation sites is 1. The van der Waals surface area contributed by atoms with Crippen LogP contribution in [-0.2, 0) is 14.8 Å². The Balaban J connectivity index is 2.57. The molecule has 0 spiro atoms. The predicted octanol–water partition coefficient (Wildman–Crippen LogP) is 1.96. The average Bonchev–Trinajstić information content (AvgIpc) is 2.61. The van der Waals surface area contributed by atoms with Gasteiger partial charge in [-0.3, -0.25) is 19.2 Å². The van der Waals surface area contributed by atoms with Gasteiger partial charge in [-0.1, -0.05) is 12.1 Å². The fourth-order valence-corrected chi connectivity index (χ4v) is 3.93. The lowest BCUT2D eigenvalue weighted by Crippen LogP contribution is -2.33. The third-order valence-electron chi connectivity index (χ3n) is 3.56. The number of sulfonamides is 1. The highest BCUT2D eigenvalue weighted by molar-refractivity contribution is 7.93. The van der Waals surface area contributed by atoms with Crippen LogP contribution in [0.1, 0.15) is 16.8 Å². The zero-order valence-corrected chi connectivity index (χ0v) is 14.5. The first-order chi connectivity index (χ1) is 12.6. The number of nitro benzene ring substituents is 1. The van der Waals surface area contributed by atoms with E-state index in [2.05, 4.69) is 0 Å². The van der Waals surface area contributed by atoms with Gasteiger partial charge in [0.25, 0.3) is 15.7 Å². The lowest BCUT2D eigenvalue weighted by atomic mass is 10.2. The van der Waals surface area contributed by atoms with Crippen LogP contribution in [0.25, 0.3) is 0 Å². The molecule has 2 N–H and O–H groups in total. The van der Waals surface area contributed by atoms with Crippen molar-refractivity contribution in [3.05, 3.63) is 64.2 Å². The van der Waals surface area contributed by atoms with Gasteiger partial charge in [0, 0.05) is 12.6 Å². The first-order valence-corrected chi connectivity index (χ1v) is 8.90. The van der Waals surface area contributed by atoms with Crippen molar-refractivity contribution in [3.63, 3.8) is 0 Å². The Labute approximate surface area is 153 Å². The summed E-state index contributed by atoms with van der Waals surface area (Å²) in [5.41, 5.74) is -0.764. The Bertz CT molecular complexity index is 986. The highest BCUT2D eigenvalue weighted by atomic mass is 32.2. The minimum absolute atomic E-state index is 0.0144. The monoisotopic (exact) mass is 394 g/mol. The summed E-state index contributed by atoms with van der Waals surface area (Å²) in [5.74, 6) is -2.49. The summed E-state index contributed by atoms with van der Waals surface area (Å²) in [6.45, 7) is -0.490. The third-order valence-corrected chi connectivity index (χ3v) is 5.44. The summed E-state index contributed by atoms with van der Waals surface area (Å²) in [7, 11) is -4.48. The number of benzene rings is 2. The number of nitrogens with zero attached hydrogens (tertiary/aromatic N) is 2. The molecule has 0 saturated carbocycles. The van der Waals surface area contributed by atoms with Gasteiger partial charge in [-0.25, -0.2) is 13.2 Å². The minimum atomic E-state index is -4.48. The molecule has 0 bridgehead atoms. The van der Waals surface area contributed by atoms with E-state index in [0.717, 1.165) is 24.3 Å². The van der Waals surface area contributed by atoms with E-state index in [-0.39, 0.29) is 11.3 Å². The van der Waals surface area contributed by atoms with Gasteiger partial charge in [0.2, 0.25) is 0 Å². The normalized spacial score (nSPS) is 11.0. The summed E-state index contributed by atoms with van der Waals surface area (Å²) in [5, 5.41) is 29.0. The van der Waals surface area contributed by atoms with Crippen LogP contribution < -0.4 is 4.31 Å². The van der Waals surface area contributed by atoms with Gasteiger partial charge in [-0.15, -0.1) is 0 Å². The predicted molar refractivity (Wildman–Crippen MR) is 93.3 cm³/mol. The molecular weight excluding hydrogens is 380 g/mol. The highest BCUT2D eigenvalue weighted by Crippen LogP contribution is 2.30. The topological polar surface area (TPSA) is 155 Å². The molecule has 142 valence electrons. The van der Waals surface area contributed by atoms with Crippen LogP contribution in [0.5, 0.6) is 0 Å². The highest BCUT2D eigenvalue weighted by Gasteiger charge is 2.32. The molecule has 0 heterocycles. The maximum atomic E-state index is 13.0. The molecule has 0 aliphatic rings. The zero-order valence-electron chi connectivity index (χ0n) is 13.7. The molecular formula is C16H14N2O8S. The van der Waals surface area contributed by atoms with E-state index >= 15 is 0 Å². The lowest BCUT2D eigenvalue weighted by Gasteiger charge is -2.24. The second-order valence-electron chi connectivity index (χ2n) is 5.30. The van der Waals surface area contributed by atoms with E-state index in [1.165, 1.54) is 24.3 Å². The molecule has 11 heteroatoms. The van der Waals surface area contributed by atoms with Gasteiger partial charge in [0.1, 0.15) is 0 Å². The fourth-order valence-electron chi connectivity index (χ4n) is 2.30. The van der Waals surface area contributed by atoms with Gasteiger partial charge in [0.15, 0.2) is 4.90 Å². The molecule has 10 nitrogen and oxygen atoms in total. The molecule has 0 radical (unpaired) electrons. The Morgan fingerprint density at radius 2 is 1.63 bits per heavy atom. The van der Waals surface area contributed by atoms with Gasteiger partial charge in [0.05, 0.1) is 22.6 Å². The van der Waals surface area contributed by atoms with Crippen molar-refractivity contribution in [1.82, 2.24) is 0 Å². The van der Waals surface area contributed by atoms with E-state index in [9.17, 15) is 28.1 Å². The number of rotatable bonds is 8. The summed E-state index contributed by atoms with van der Waals surface area (Å²) in [6, 6.07) is 9.38. The number of hydrogen-bond donors (Lipinski definition) is 2. The van der Waals surface area contributed by atoms with E-state index < -0.39 is 50.4 Å². The minimum Gasteiger partial charge on any atom is -0.481 e. The molecule has 2 aromatic rings. The first kappa shape index (κ1) is 19.8. The van der Waals surface area contributed by atoms with Crippen LogP contribution in [-0.4, -0.2) is 42.0 Å². The molecule has 27 heavy (non-hydrogen) atoms. The molecule has 0 aliphatic carbocycles. The average molecular weight is 394 g/mol. The third kappa shape index (κ3) is 4.39. The summed E-state index contributed by atoms with van der Waals surface area (Å²) >= 11 is 0. The molecule has 0 saturated heterocycles. The number of anilines is 1. The molecule has 0 unspecified atom stereocenters. The number of carbonyl (C=O) groups is 2. The van der Waals surface area contributed by atoms with Gasteiger partial charge >= 0.3 is 11.9 Å². The molecule has 0 fully saturated rings. The van der Waals surface area contributed by atoms with Crippen molar-refractivity contribution in [3.8, 4) is 0 Å². The summed E-state index contributed by atoms with van der Waals surface area (Å²) in [4.78, 5) is 31.6. The standard InChI is InChI=1S/C16H14N2O8S/c19-15(20)9-10-17(12-7-5-11(6-8-12)16(21)22)27(25,26)14-4-2-1-3-13(14)18(23)24/h1-8H,9-10H2,(H,19,20)(H,21,22). The Kier molecular flexibility index (Phi) is 5.75. The molecule has 2 aromatic carbocycles. The zero-order chi connectivity index (χ0) is 20.2. The second-order valence-corrected chi connectivity index (χ2v) is 7.13. The van der Waals surface area contributed by atoms with Gasteiger partial charge in [-0.2, -0.15) is 0 Å². The number of carboxylic acid groups (broad SMARTS) is 2. The van der Waals surface area contributed by atoms with Crippen LogP contribution in [0.2, 0.25) is 0 Å². The van der Waals surface area contributed by atoms with Crippen LogP contribution in [0.4, 0.5) is 11.4 Å². The maximum Gasteiger partial charge on any atom is 0.335 e. The molecule has 0 aliphatic heterocycles. The Morgan fingerprint density at radius 1 is 1.04 bits per heavy atom. The van der Waals surface area contributed by atoms with E-state index in [0.29, 0.717) is 4.31 Å².